The zero-order chi connectivity index (χ0) is 19.1. The van der Waals surface area contributed by atoms with Crippen molar-refractivity contribution in [2.75, 3.05) is 18.6 Å². The molecule has 1 aliphatic carbocycles. The molecule has 28 heavy (non-hydrogen) atoms. The lowest BCUT2D eigenvalue weighted by Gasteiger charge is -2.25. The predicted molar refractivity (Wildman–Crippen MR) is 102 cm³/mol. The van der Waals surface area contributed by atoms with Gasteiger partial charge in [-0.1, -0.05) is 5.16 Å². The molecule has 1 aliphatic heterocycles. The van der Waals surface area contributed by atoms with Crippen molar-refractivity contribution in [3.63, 3.8) is 0 Å². The van der Waals surface area contributed by atoms with Crippen LogP contribution in [0.3, 0.4) is 0 Å². The van der Waals surface area contributed by atoms with Crippen LogP contribution in [0.25, 0.3) is 11.4 Å². The Kier molecular flexibility index (Phi) is 4.27. The van der Waals surface area contributed by atoms with E-state index in [4.69, 9.17) is 19.2 Å². The second kappa shape index (κ2) is 6.94. The molecule has 4 heterocycles. The van der Waals surface area contributed by atoms with E-state index in [-0.39, 0.29) is 12.1 Å². The van der Waals surface area contributed by atoms with Crippen LogP contribution in [0.4, 0.5) is 5.82 Å². The first kappa shape index (κ1) is 17.2. The third-order valence-electron chi connectivity index (χ3n) is 5.55. The highest BCUT2D eigenvalue weighted by atomic mass is 16.5. The molecule has 1 fully saturated rings. The van der Waals surface area contributed by atoms with Crippen molar-refractivity contribution in [1.29, 1.82) is 0 Å². The summed E-state index contributed by atoms with van der Waals surface area (Å²) >= 11 is 0. The summed E-state index contributed by atoms with van der Waals surface area (Å²) in [6.45, 7) is 2.58. The van der Waals surface area contributed by atoms with Crippen LogP contribution >= 0.6 is 0 Å². The van der Waals surface area contributed by atoms with Crippen LogP contribution in [0.15, 0.2) is 29.0 Å². The van der Waals surface area contributed by atoms with Crippen LogP contribution in [-0.2, 0) is 17.6 Å². The molecule has 0 radical (unpaired) electrons. The van der Waals surface area contributed by atoms with Crippen molar-refractivity contribution in [2.45, 2.75) is 44.8 Å². The number of rotatable bonds is 4. The Morgan fingerprint density at radius 1 is 1.14 bits per heavy atom. The zero-order valence-corrected chi connectivity index (χ0v) is 16.0. The van der Waals surface area contributed by atoms with E-state index in [1.165, 1.54) is 5.56 Å². The van der Waals surface area contributed by atoms with E-state index in [1.54, 1.807) is 19.5 Å². The average Bonchev–Trinajstić information content (AvgIpc) is 3.46. The topological polar surface area (TPSA) is 90.1 Å². The standard InChI is InChI=1S/C20H22N6O2/c1-12-22-20(28-25-12)17-10-14(27-2)11-26(17)19-15-4-3-5-16(15)23-18(24-19)13-6-8-21-9-7-13/h6-9,14,17H,3-5,10-11H2,1-2H3. The fraction of sp³-hybridized carbons (Fsp3) is 0.450. The highest BCUT2D eigenvalue weighted by Crippen LogP contribution is 2.40. The number of fused-ring (bicyclic) bond motifs is 1. The van der Waals surface area contributed by atoms with Crippen molar-refractivity contribution in [3.05, 3.63) is 47.5 Å². The lowest BCUT2D eigenvalue weighted by Crippen LogP contribution is -2.27. The molecule has 1 saturated heterocycles. The van der Waals surface area contributed by atoms with Gasteiger partial charge in [-0.2, -0.15) is 4.98 Å². The number of aryl methyl sites for hydroxylation is 2. The summed E-state index contributed by atoms with van der Waals surface area (Å²) < 4.78 is 11.2. The van der Waals surface area contributed by atoms with Gasteiger partial charge in [-0.3, -0.25) is 4.98 Å². The van der Waals surface area contributed by atoms with Gasteiger partial charge in [-0.05, 0) is 38.3 Å². The minimum atomic E-state index is -0.0453. The lowest BCUT2D eigenvalue weighted by atomic mass is 10.1. The molecule has 5 rings (SSSR count). The Bertz CT molecular complexity index is 990. The van der Waals surface area contributed by atoms with E-state index in [0.717, 1.165) is 55.1 Å². The minimum absolute atomic E-state index is 0.0453. The molecule has 144 valence electrons. The molecule has 0 saturated carbocycles. The van der Waals surface area contributed by atoms with Gasteiger partial charge in [0.2, 0.25) is 5.89 Å². The highest BCUT2D eigenvalue weighted by Gasteiger charge is 2.39. The number of nitrogens with zero attached hydrogens (tertiary/aromatic N) is 6. The first-order valence-corrected chi connectivity index (χ1v) is 9.62. The van der Waals surface area contributed by atoms with Crippen LogP contribution in [0.5, 0.6) is 0 Å². The van der Waals surface area contributed by atoms with Crippen LogP contribution in [0.1, 0.15) is 41.9 Å². The van der Waals surface area contributed by atoms with Gasteiger partial charge in [-0.15, -0.1) is 0 Å². The largest absolute Gasteiger partial charge is 0.380 e. The number of ether oxygens (including phenoxy) is 1. The van der Waals surface area contributed by atoms with Gasteiger partial charge in [-0.25, -0.2) is 9.97 Å². The van der Waals surface area contributed by atoms with Crippen LogP contribution in [-0.4, -0.2) is 44.9 Å². The number of pyridine rings is 1. The van der Waals surface area contributed by atoms with Gasteiger partial charge < -0.3 is 14.2 Å². The second-order valence-electron chi connectivity index (χ2n) is 7.33. The van der Waals surface area contributed by atoms with Crippen LogP contribution < -0.4 is 4.90 Å². The van der Waals surface area contributed by atoms with Crippen LogP contribution in [0, 0.1) is 6.92 Å². The normalized spacial score (nSPS) is 21.3. The van der Waals surface area contributed by atoms with Gasteiger partial charge in [0.25, 0.3) is 0 Å². The molecule has 8 nitrogen and oxygen atoms in total. The fourth-order valence-electron chi connectivity index (χ4n) is 4.17. The van der Waals surface area contributed by atoms with E-state index >= 15 is 0 Å². The third kappa shape index (κ3) is 2.93. The molecule has 0 N–H and O–H groups in total. The molecule has 0 amide bonds. The van der Waals surface area contributed by atoms with Crippen molar-refractivity contribution in [1.82, 2.24) is 25.1 Å². The number of anilines is 1. The van der Waals surface area contributed by atoms with Crippen molar-refractivity contribution in [3.8, 4) is 11.4 Å². The number of methoxy groups -OCH3 is 1. The van der Waals surface area contributed by atoms with Crippen molar-refractivity contribution >= 4 is 5.82 Å². The van der Waals surface area contributed by atoms with Crippen molar-refractivity contribution in [2.24, 2.45) is 0 Å². The maximum absolute atomic E-state index is 5.67. The maximum atomic E-state index is 5.67. The van der Waals surface area contributed by atoms with E-state index in [2.05, 4.69) is 20.0 Å². The lowest BCUT2D eigenvalue weighted by molar-refractivity contribution is 0.117. The van der Waals surface area contributed by atoms with E-state index in [1.807, 2.05) is 19.1 Å². The molecule has 8 heteroatoms. The fourth-order valence-corrected chi connectivity index (χ4v) is 4.17. The molecule has 2 unspecified atom stereocenters. The minimum Gasteiger partial charge on any atom is -0.380 e. The van der Waals surface area contributed by atoms with Gasteiger partial charge in [0.05, 0.1) is 6.10 Å². The van der Waals surface area contributed by atoms with E-state index in [9.17, 15) is 0 Å². The summed E-state index contributed by atoms with van der Waals surface area (Å²) in [6, 6.07) is 3.85. The Morgan fingerprint density at radius 2 is 2.00 bits per heavy atom. The smallest absolute Gasteiger partial charge is 0.249 e. The molecule has 2 atom stereocenters. The Morgan fingerprint density at radius 3 is 2.75 bits per heavy atom. The number of hydrogen-bond acceptors (Lipinski definition) is 8. The summed E-state index contributed by atoms with van der Waals surface area (Å²) in [5.41, 5.74) is 3.34. The monoisotopic (exact) mass is 378 g/mol. The summed E-state index contributed by atoms with van der Waals surface area (Å²) in [5.74, 6) is 2.96. The average molecular weight is 378 g/mol. The summed E-state index contributed by atoms with van der Waals surface area (Å²) in [4.78, 5) is 20.7. The van der Waals surface area contributed by atoms with Gasteiger partial charge in [0.1, 0.15) is 11.9 Å². The summed E-state index contributed by atoms with van der Waals surface area (Å²) in [7, 11) is 1.75. The molecule has 2 aliphatic rings. The molecular formula is C20H22N6O2. The zero-order valence-electron chi connectivity index (χ0n) is 16.0. The van der Waals surface area contributed by atoms with Gasteiger partial charge in [0, 0.05) is 49.3 Å². The maximum Gasteiger partial charge on any atom is 0.249 e. The molecule has 3 aromatic heterocycles. The Balaban J connectivity index is 1.61. The first-order chi connectivity index (χ1) is 13.7. The number of hydrogen-bond donors (Lipinski definition) is 0. The van der Waals surface area contributed by atoms with Gasteiger partial charge in [0.15, 0.2) is 11.6 Å². The highest BCUT2D eigenvalue weighted by molar-refractivity contribution is 5.62. The Hall–Kier alpha value is -2.87. The summed E-state index contributed by atoms with van der Waals surface area (Å²) in [6.07, 6.45) is 7.50. The predicted octanol–water partition coefficient (Wildman–Crippen LogP) is 2.69. The molecular weight excluding hydrogens is 356 g/mol. The molecule has 3 aromatic rings. The third-order valence-corrected chi connectivity index (χ3v) is 5.55. The van der Waals surface area contributed by atoms with Crippen molar-refractivity contribution < 1.29 is 9.26 Å². The quantitative estimate of drug-likeness (QED) is 0.684. The summed E-state index contributed by atoms with van der Waals surface area (Å²) in [5, 5.41) is 3.98. The van der Waals surface area contributed by atoms with E-state index < -0.39 is 0 Å². The van der Waals surface area contributed by atoms with Gasteiger partial charge >= 0.3 is 0 Å². The Labute approximate surface area is 163 Å². The van der Waals surface area contributed by atoms with Crippen LogP contribution in [0.2, 0.25) is 0 Å². The molecule has 0 bridgehead atoms. The number of aromatic nitrogens is 5. The second-order valence-corrected chi connectivity index (χ2v) is 7.33. The van der Waals surface area contributed by atoms with E-state index in [0.29, 0.717) is 11.7 Å². The molecule has 0 aromatic carbocycles. The SMILES string of the molecule is COC1CC(c2nc(C)no2)N(c2nc(-c3ccncc3)nc3c2CCC3)C1. The first-order valence-electron chi connectivity index (χ1n) is 9.62. The molecule has 0 spiro atoms.